The summed E-state index contributed by atoms with van der Waals surface area (Å²) in [5, 5.41) is 0. The van der Waals surface area contributed by atoms with E-state index in [-0.39, 0.29) is 5.91 Å². The lowest BCUT2D eigenvalue weighted by Gasteiger charge is -2.33. The molecule has 0 saturated carbocycles. The van der Waals surface area contributed by atoms with Crippen LogP contribution >= 0.6 is 0 Å². The zero-order valence-corrected chi connectivity index (χ0v) is 12.4. The molecule has 1 saturated heterocycles. The van der Waals surface area contributed by atoms with Crippen molar-refractivity contribution in [2.75, 3.05) is 25.4 Å². The number of nitrogen functional groups attached to an aromatic ring is 1. The van der Waals surface area contributed by atoms with Crippen molar-refractivity contribution in [3.63, 3.8) is 0 Å². The van der Waals surface area contributed by atoms with Crippen LogP contribution < -0.4 is 10.5 Å². The van der Waals surface area contributed by atoms with Crippen LogP contribution in [0.1, 0.15) is 43.5 Å². The lowest BCUT2D eigenvalue weighted by atomic mass is 9.95. The minimum Gasteiger partial charge on any atom is -0.493 e. The normalized spacial score (nSPS) is 18.9. The van der Waals surface area contributed by atoms with Crippen LogP contribution in [-0.2, 0) is 0 Å². The van der Waals surface area contributed by atoms with Crippen LogP contribution in [-0.4, -0.2) is 30.5 Å². The second-order valence-corrected chi connectivity index (χ2v) is 5.32. The first-order valence-corrected chi connectivity index (χ1v) is 7.47. The maximum absolute atomic E-state index is 12.7. The number of carbonyl (C=O) groups excluding carboxylic acids is 1. The average Bonchev–Trinajstić information content (AvgIpc) is 2.47. The van der Waals surface area contributed by atoms with E-state index in [9.17, 15) is 4.79 Å². The average molecular weight is 276 g/mol. The van der Waals surface area contributed by atoms with Gasteiger partial charge < -0.3 is 15.4 Å². The van der Waals surface area contributed by atoms with Crippen LogP contribution in [0.4, 0.5) is 5.69 Å². The predicted octanol–water partition coefficient (Wildman–Crippen LogP) is 2.93. The minimum absolute atomic E-state index is 0.00435. The molecular formula is C16H24N2O2. The molecule has 2 rings (SSSR count). The van der Waals surface area contributed by atoms with Crippen LogP contribution in [0.2, 0.25) is 0 Å². The maximum Gasteiger partial charge on any atom is 0.259 e. The Balaban J connectivity index is 2.24. The van der Waals surface area contributed by atoms with E-state index in [1.165, 1.54) is 6.42 Å². The highest BCUT2D eigenvalue weighted by molar-refractivity contribution is 6.01. The lowest BCUT2D eigenvalue weighted by Crippen LogP contribution is -2.40. The highest BCUT2D eigenvalue weighted by Crippen LogP contribution is 2.28. The van der Waals surface area contributed by atoms with E-state index in [2.05, 4.69) is 6.92 Å². The molecule has 0 spiro atoms. The van der Waals surface area contributed by atoms with Gasteiger partial charge >= 0.3 is 0 Å². The molecule has 1 aromatic carbocycles. The molecule has 0 aliphatic carbocycles. The molecule has 4 nitrogen and oxygen atoms in total. The Labute approximate surface area is 120 Å². The number of amides is 1. The van der Waals surface area contributed by atoms with E-state index in [4.69, 9.17) is 10.5 Å². The highest BCUT2D eigenvalue weighted by atomic mass is 16.5. The Kier molecular flexibility index (Phi) is 4.88. The molecule has 1 unspecified atom stereocenters. The molecule has 0 aromatic heterocycles. The van der Waals surface area contributed by atoms with Gasteiger partial charge in [-0.2, -0.15) is 0 Å². The largest absolute Gasteiger partial charge is 0.493 e. The van der Waals surface area contributed by atoms with Crippen LogP contribution in [0.15, 0.2) is 18.2 Å². The van der Waals surface area contributed by atoms with Crippen LogP contribution in [0, 0.1) is 5.92 Å². The summed E-state index contributed by atoms with van der Waals surface area (Å²) in [5.41, 5.74) is 7.02. The quantitative estimate of drug-likeness (QED) is 0.860. The van der Waals surface area contributed by atoms with Gasteiger partial charge in [0, 0.05) is 18.8 Å². The molecule has 0 bridgehead atoms. The molecule has 2 N–H and O–H groups in total. The number of nitrogens with zero attached hydrogens (tertiary/aromatic N) is 1. The zero-order valence-electron chi connectivity index (χ0n) is 12.4. The Morgan fingerprint density at radius 2 is 2.25 bits per heavy atom. The smallest absolute Gasteiger partial charge is 0.259 e. The fourth-order valence-electron chi connectivity index (χ4n) is 2.79. The van der Waals surface area contributed by atoms with Gasteiger partial charge in [-0.25, -0.2) is 0 Å². The van der Waals surface area contributed by atoms with E-state index < -0.39 is 0 Å². The molecule has 1 aliphatic heterocycles. The Hall–Kier alpha value is -1.71. The number of hydrogen-bond donors (Lipinski definition) is 1. The summed E-state index contributed by atoms with van der Waals surface area (Å²) < 4.78 is 5.56. The van der Waals surface area contributed by atoms with Gasteiger partial charge in [0.25, 0.3) is 5.91 Å². The van der Waals surface area contributed by atoms with E-state index in [1.807, 2.05) is 24.0 Å². The molecule has 4 heteroatoms. The highest BCUT2D eigenvalue weighted by Gasteiger charge is 2.26. The van der Waals surface area contributed by atoms with Gasteiger partial charge in [0.15, 0.2) is 0 Å². The molecule has 1 heterocycles. The van der Waals surface area contributed by atoms with Gasteiger partial charge in [-0.3, -0.25) is 4.79 Å². The number of rotatable bonds is 4. The van der Waals surface area contributed by atoms with Gasteiger partial charge in [0.1, 0.15) is 11.3 Å². The van der Waals surface area contributed by atoms with E-state index in [1.54, 1.807) is 6.07 Å². The van der Waals surface area contributed by atoms with Crippen molar-refractivity contribution in [3.8, 4) is 5.75 Å². The first-order chi connectivity index (χ1) is 9.67. The summed E-state index contributed by atoms with van der Waals surface area (Å²) in [6.45, 7) is 6.26. The number of piperidine rings is 1. The summed E-state index contributed by atoms with van der Waals surface area (Å²) in [4.78, 5) is 14.7. The van der Waals surface area contributed by atoms with Gasteiger partial charge in [0.05, 0.1) is 6.61 Å². The van der Waals surface area contributed by atoms with E-state index in [0.717, 1.165) is 25.9 Å². The number of likely N-dealkylation sites (tertiary alicyclic amines) is 1. The standard InChI is InChI=1S/C16H24N2O2/c1-3-12-7-6-10-18(11-12)16(19)15-13(17)8-5-9-14(15)20-4-2/h5,8-9,12H,3-4,6-7,10-11,17H2,1-2H3. The molecule has 110 valence electrons. The Morgan fingerprint density at radius 3 is 2.95 bits per heavy atom. The second-order valence-electron chi connectivity index (χ2n) is 5.32. The summed E-state index contributed by atoms with van der Waals surface area (Å²) in [7, 11) is 0. The number of hydrogen-bond acceptors (Lipinski definition) is 3. The van der Waals surface area contributed by atoms with Crippen molar-refractivity contribution < 1.29 is 9.53 Å². The van der Waals surface area contributed by atoms with Crippen LogP contribution in [0.25, 0.3) is 0 Å². The lowest BCUT2D eigenvalue weighted by molar-refractivity contribution is 0.0668. The Bertz CT molecular complexity index is 474. The summed E-state index contributed by atoms with van der Waals surface area (Å²) in [6.07, 6.45) is 3.40. The summed E-state index contributed by atoms with van der Waals surface area (Å²) in [6, 6.07) is 5.40. The molecule has 1 aliphatic rings. The predicted molar refractivity (Wildman–Crippen MR) is 80.9 cm³/mol. The molecular weight excluding hydrogens is 252 g/mol. The zero-order chi connectivity index (χ0) is 14.5. The molecule has 1 atom stereocenters. The van der Waals surface area contributed by atoms with Crippen LogP contribution in [0.5, 0.6) is 5.75 Å². The monoisotopic (exact) mass is 276 g/mol. The van der Waals surface area contributed by atoms with E-state index in [0.29, 0.717) is 29.5 Å². The minimum atomic E-state index is 0.00435. The van der Waals surface area contributed by atoms with Crippen molar-refractivity contribution in [2.45, 2.75) is 33.1 Å². The van der Waals surface area contributed by atoms with Gasteiger partial charge in [0.2, 0.25) is 0 Å². The van der Waals surface area contributed by atoms with Crippen molar-refractivity contribution >= 4 is 11.6 Å². The van der Waals surface area contributed by atoms with Gasteiger partial charge in [-0.15, -0.1) is 0 Å². The van der Waals surface area contributed by atoms with Crippen molar-refractivity contribution in [1.82, 2.24) is 4.90 Å². The fraction of sp³-hybridized carbons (Fsp3) is 0.562. The topological polar surface area (TPSA) is 55.6 Å². The molecule has 1 aromatic rings. The van der Waals surface area contributed by atoms with E-state index >= 15 is 0 Å². The van der Waals surface area contributed by atoms with Crippen molar-refractivity contribution in [2.24, 2.45) is 5.92 Å². The molecule has 0 radical (unpaired) electrons. The number of benzene rings is 1. The first-order valence-electron chi connectivity index (χ1n) is 7.47. The SMILES string of the molecule is CCOc1cccc(N)c1C(=O)N1CCCC(CC)C1. The second kappa shape index (κ2) is 6.64. The van der Waals surface area contributed by atoms with Gasteiger partial charge in [-0.05, 0) is 37.8 Å². The number of carbonyl (C=O) groups is 1. The Morgan fingerprint density at radius 1 is 1.45 bits per heavy atom. The van der Waals surface area contributed by atoms with Crippen molar-refractivity contribution in [3.05, 3.63) is 23.8 Å². The third-order valence-electron chi connectivity index (χ3n) is 3.96. The summed E-state index contributed by atoms with van der Waals surface area (Å²) in [5.74, 6) is 1.20. The summed E-state index contributed by atoms with van der Waals surface area (Å²) >= 11 is 0. The number of anilines is 1. The first kappa shape index (κ1) is 14.7. The third-order valence-corrected chi connectivity index (χ3v) is 3.96. The molecule has 1 amide bonds. The third kappa shape index (κ3) is 3.06. The van der Waals surface area contributed by atoms with Crippen LogP contribution in [0.3, 0.4) is 0 Å². The van der Waals surface area contributed by atoms with Crippen molar-refractivity contribution in [1.29, 1.82) is 0 Å². The maximum atomic E-state index is 12.7. The number of nitrogens with two attached hydrogens (primary N) is 1. The molecule has 20 heavy (non-hydrogen) atoms. The van der Waals surface area contributed by atoms with Gasteiger partial charge in [-0.1, -0.05) is 19.4 Å². The molecule has 1 fully saturated rings. The number of ether oxygens (including phenoxy) is 1. The fourth-order valence-corrected chi connectivity index (χ4v) is 2.79.